The van der Waals surface area contributed by atoms with Crippen LogP contribution in [0.4, 0.5) is 5.69 Å². The van der Waals surface area contributed by atoms with Gasteiger partial charge in [-0.1, -0.05) is 26.3 Å². The van der Waals surface area contributed by atoms with Gasteiger partial charge < -0.3 is 10.8 Å². The van der Waals surface area contributed by atoms with Crippen LogP contribution in [0.15, 0.2) is 23.1 Å². The van der Waals surface area contributed by atoms with E-state index >= 15 is 0 Å². The smallest absolute Gasteiger partial charge is 0.243 e. The summed E-state index contributed by atoms with van der Waals surface area (Å²) in [6, 6.07) is 4.84. The van der Waals surface area contributed by atoms with Crippen LogP contribution in [-0.2, 0) is 16.4 Å². The number of nitrogen functional groups attached to an aromatic ring is 1. The van der Waals surface area contributed by atoms with Crippen molar-refractivity contribution in [3.05, 3.63) is 23.8 Å². The first-order valence-corrected chi connectivity index (χ1v) is 8.40. The first-order chi connectivity index (χ1) is 9.47. The van der Waals surface area contributed by atoms with Crippen LogP contribution in [0.25, 0.3) is 0 Å². The van der Waals surface area contributed by atoms with E-state index in [4.69, 9.17) is 10.8 Å². The van der Waals surface area contributed by atoms with Crippen molar-refractivity contribution >= 4 is 15.7 Å². The standard InChI is InChI=1S/C14H24N2O3S/c1-3-5-8-16(9-10-17)20(18,19)13-7-6-12(4-2)14(15)11-13/h6-7,11,17H,3-5,8-10,15H2,1-2H3. The Balaban J connectivity index is 3.08. The fourth-order valence-corrected chi connectivity index (χ4v) is 3.51. The van der Waals surface area contributed by atoms with Gasteiger partial charge in [0.2, 0.25) is 10.0 Å². The lowest BCUT2D eigenvalue weighted by Gasteiger charge is -2.21. The molecule has 0 heterocycles. The van der Waals surface area contributed by atoms with Gasteiger partial charge in [0.1, 0.15) is 0 Å². The molecule has 6 heteroatoms. The summed E-state index contributed by atoms with van der Waals surface area (Å²) in [5, 5.41) is 9.05. The van der Waals surface area contributed by atoms with E-state index in [-0.39, 0.29) is 18.0 Å². The number of nitrogens with zero attached hydrogens (tertiary/aromatic N) is 1. The molecule has 0 spiro atoms. The summed E-state index contributed by atoms with van der Waals surface area (Å²) in [6.07, 6.45) is 2.43. The Bertz CT molecular complexity index is 529. The van der Waals surface area contributed by atoms with E-state index in [1.165, 1.54) is 10.4 Å². The maximum absolute atomic E-state index is 12.5. The summed E-state index contributed by atoms with van der Waals surface area (Å²) in [7, 11) is -3.59. The van der Waals surface area contributed by atoms with Gasteiger partial charge in [0.15, 0.2) is 0 Å². The highest BCUT2D eigenvalue weighted by Crippen LogP contribution is 2.22. The van der Waals surface area contributed by atoms with Crippen molar-refractivity contribution in [2.75, 3.05) is 25.4 Å². The molecular weight excluding hydrogens is 276 g/mol. The van der Waals surface area contributed by atoms with Crippen LogP contribution in [0.5, 0.6) is 0 Å². The third kappa shape index (κ3) is 3.94. The molecule has 0 atom stereocenters. The summed E-state index contributed by atoms with van der Waals surface area (Å²) in [5.41, 5.74) is 7.30. The van der Waals surface area contributed by atoms with E-state index < -0.39 is 10.0 Å². The summed E-state index contributed by atoms with van der Waals surface area (Å²) in [5.74, 6) is 0. The molecule has 0 saturated carbocycles. The number of hydrogen-bond donors (Lipinski definition) is 2. The number of nitrogens with two attached hydrogens (primary N) is 1. The van der Waals surface area contributed by atoms with Crippen LogP contribution >= 0.6 is 0 Å². The number of hydrogen-bond acceptors (Lipinski definition) is 4. The monoisotopic (exact) mass is 300 g/mol. The average molecular weight is 300 g/mol. The van der Waals surface area contributed by atoms with Gasteiger partial charge in [0.25, 0.3) is 0 Å². The number of aliphatic hydroxyl groups excluding tert-OH is 1. The zero-order valence-corrected chi connectivity index (χ0v) is 13.0. The first kappa shape index (κ1) is 16.9. The fourth-order valence-electron chi connectivity index (χ4n) is 2.00. The van der Waals surface area contributed by atoms with Crippen molar-refractivity contribution in [1.29, 1.82) is 0 Å². The van der Waals surface area contributed by atoms with Crippen molar-refractivity contribution < 1.29 is 13.5 Å². The highest BCUT2D eigenvalue weighted by molar-refractivity contribution is 7.89. The van der Waals surface area contributed by atoms with E-state index in [0.29, 0.717) is 12.2 Å². The Morgan fingerprint density at radius 2 is 1.95 bits per heavy atom. The molecule has 3 N–H and O–H groups in total. The first-order valence-electron chi connectivity index (χ1n) is 6.96. The number of anilines is 1. The molecule has 1 aromatic rings. The minimum Gasteiger partial charge on any atom is -0.398 e. The van der Waals surface area contributed by atoms with E-state index in [2.05, 4.69) is 0 Å². The van der Waals surface area contributed by atoms with E-state index in [1.54, 1.807) is 12.1 Å². The number of rotatable bonds is 8. The second kappa shape index (κ2) is 7.61. The molecule has 5 nitrogen and oxygen atoms in total. The third-order valence-electron chi connectivity index (χ3n) is 3.25. The highest BCUT2D eigenvalue weighted by Gasteiger charge is 2.23. The Labute approximate surface area is 121 Å². The zero-order valence-electron chi connectivity index (χ0n) is 12.2. The van der Waals surface area contributed by atoms with Crippen LogP contribution < -0.4 is 5.73 Å². The van der Waals surface area contributed by atoms with Crippen LogP contribution in [0.3, 0.4) is 0 Å². The Hall–Kier alpha value is -1.11. The minimum absolute atomic E-state index is 0.109. The SMILES string of the molecule is CCCCN(CCO)S(=O)(=O)c1ccc(CC)c(N)c1. The molecular formula is C14H24N2O3S. The minimum atomic E-state index is -3.59. The molecule has 0 aromatic heterocycles. The van der Waals surface area contributed by atoms with Crippen molar-refractivity contribution in [1.82, 2.24) is 4.31 Å². The quantitative estimate of drug-likeness (QED) is 0.715. The molecule has 1 rings (SSSR count). The van der Waals surface area contributed by atoms with E-state index in [1.807, 2.05) is 13.8 Å². The Morgan fingerprint density at radius 3 is 2.45 bits per heavy atom. The largest absolute Gasteiger partial charge is 0.398 e. The predicted molar refractivity (Wildman–Crippen MR) is 81.0 cm³/mol. The van der Waals surface area contributed by atoms with Gasteiger partial charge in [0, 0.05) is 18.8 Å². The second-order valence-electron chi connectivity index (χ2n) is 4.70. The van der Waals surface area contributed by atoms with Crippen molar-refractivity contribution in [3.8, 4) is 0 Å². The second-order valence-corrected chi connectivity index (χ2v) is 6.63. The summed E-state index contributed by atoms with van der Waals surface area (Å²) in [4.78, 5) is 0.191. The Kier molecular flexibility index (Phi) is 6.45. The average Bonchev–Trinajstić information content (AvgIpc) is 2.43. The topological polar surface area (TPSA) is 83.6 Å². The number of aliphatic hydroxyl groups is 1. The molecule has 0 unspecified atom stereocenters. The summed E-state index contributed by atoms with van der Waals surface area (Å²) < 4.78 is 26.4. The van der Waals surface area contributed by atoms with Gasteiger partial charge >= 0.3 is 0 Å². The maximum Gasteiger partial charge on any atom is 0.243 e. The third-order valence-corrected chi connectivity index (χ3v) is 5.14. The zero-order chi connectivity index (χ0) is 15.2. The van der Waals surface area contributed by atoms with Crippen molar-refractivity contribution in [2.24, 2.45) is 0 Å². The van der Waals surface area contributed by atoms with Gasteiger partial charge in [-0.15, -0.1) is 0 Å². The predicted octanol–water partition coefficient (Wildman–Crippen LogP) is 1.61. The molecule has 114 valence electrons. The van der Waals surface area contributed by atoms with E-state index in [9.17, 15) is 8.42 Å². The number of benzene rings is 1. The molecule has 0 aliphatic heterocycles. The van der Waals surface area contributed by atoms with Crippen molar-refractivity contribution in [3.63, 3.8) is 0 Å². The lowest BCUT2D eigenvalue weighted by molar-refractivity contribution is 0.252. The van der Waals surface area contributed by atoms with Gasteiger partial charge in [-0.25, -0.2) is 8.42 Å². The van der Waals surface area contributed by atoms with Crippen LogP contribution in [0, 0.1) is 0 Å². The number of sulfonamides is 1. The lowest BCUT2D eigenvalue weighted by Crippen LogP contribution is -2.34. The molecule has 0 saturated heterocycles. The van der Waals surface area contributed by atoms with Crippen molar-refractivity contribution in [2.45, 2.75) is 38.0 Å². The molecule has 0 aliphatic carbocycles. The molecule has 20 heavy (non-hydrogen) atoms. The van der Waals surface area contributed by atoms with E-state index in [0.717, 1.165) is 24.8 Å². The summed E-state index contributed by atoms with van der Waals surface area (Å²) in [6.45, 7) is 4.30. The lowest BCUT2D eigenvalue weighted by atomic mass is 10.1. The molecule has 1 aromatic carbocycles. The maximum atomic E-state index is 12.5. The molecule has 0 radical (unpaired) electrons. The highest BCUT2D eigenvalue weighted by atomic mass is 32.2. The molecule has 0 aliphatic rings. The van der Waals surface area contributed by atoms with Gasteiger partial charge in [-0.2, -0.15) is 4.31 Å². The van der Waals surface area contributed by atoms with Gasteiger partial charge in [-0.3, -0.25) is 0 Å². The normalized spacial score (nSPS) is 12.0. The fraction of sp³-hybridized carbons (Fsp3) is 0.571. The number of unbranched alkanes of at least 4 members (excludes halogenated alkanes) is 1. The van der Waals surface area contributed by atoms with Gasteiger partial charge in [0.05, 0.1) is 11.5 Å². The molecule has 0 bridgehead atoms. The molecule has 0 fully saturated rings. The number of aryl methyl sites for hydroxylation is 1. The molecule has 0 amide bonds. The Morgan fingerprint density at radius 1 is 1.25 bits per heavy atom. The van der Waals surface area contributed by atoms with Crippen LogP contribution in [-0.4, -0.2) is 37.5 Å². The van der Waals surface area contributed by atoms with Crippen LogP contribution in [0.1, 0.15) is 32.3 Å². The van der Waals surface area contributed by atoms with Crippen LogP contribution in [0.2, 0.25) is 0 Å². The van der Waals surface area contributed by atoms with Gasteiger partial charge in [-0.05, 0) is 30.5 Å². The summed E-state index contributed by atoms with van der Waals surface area (Å²) >= 11 is 0.